The predicted molar refractivity (Wildman–Crippen MR) is 78.4 cm³/mol. The summed E-state index contributed by atoms with van der Waals surface area (Å²) in [6.45, 7) is 8.15. The number of hydrogen-bond acceptors (Lipinski definition) is 5. The number of furan rings is 1. The molecule has 1 aliphatic rings. The molecule has 1 aliphatic heterocycles. The van der Waals surface area contributed by atoms with E-state index in [1.54, 1.807) is 11.0 Å². The van der Waals surface area contributed by atoms with Gasteiger partial charge in [0.1, 0.15) is 0 Å². The lowest BCUT2D eigenvalue weighted by molar-refractivity contribution is 0.0504. The number of carbonyl (C=O) groups is 1. The summed E-state index contributed by atoms with van der Waals surface area (Å²) in [7, 11) is 0. The van der Waals surface area contributed by atoms with Gasteiger partial charge in [0, 0.05) is 31.7 Å². The van der Waals surface area contributed by atoms with Crippen molar-refractivity contribution < 1.29 is 14.4 Å². The second-order valence-electron chi connectivity index (χ2n) is 5.76. The topological polar surface area (TPSA) is 95.3 Å². The van der Waals surface area contributed by atoms with Crippen LogP contribution in [0.1, 0.15) is 30.0 Å². The maximum Gasteiger partial charge on any atom is 0.289 e. The molecule has 3 N–H and O–H groups in total. The average Bonchev–Trinajstić information content (AvgIpc) is 2.91. The lowest BCUT2D eigenvalue weighted by Gasteiger charge is -2.43. The molecule has 7 nitrogen and oxygen atoms in total. The summed E-state index contributed by atoms with van der Waals surface area (Å²) in [6, 6.07) is 1.78. The Morgan fingerprint density at radius 1 is 1.38 bits per heavy atom. The Morgan fingerprint density at radius 2 is 2.00 bits per heavy atom. The van der Waals surface area contributed by atoms with Crippen LogP contribution in [0.25, 0.3) is 0 Å². The number of aryl methyl sites for hydroxylation is 1. The first kappa shape index (κ1) is 15.4. The Labute approximate surface area is 124 Å². The van der Waals surface area contributed by atoms with Crippen LogP contribution in [0.3, 0.4) is 0 Å². The van der Waals surface area contributed by atoms with Crippen molar-refractivity contribution in [2.24, 2.45) is 10.9 Å². The third-order valence-electron chi connectivity index (χ3n) is 4.15. The summed E-state index contributed by atoms with van der Waals surface area (Å²) in [5.74, 6) is 0.488. The van der Waals surface area contributed by atoms with Crippen LogP contribution in [0.4, 0.5) is 0 Å². The number of hydrogen-bond donors (Lipinski definition) is 2. The van der Waals surface area contributed by atoms with Crippen LogP contribution in [0.2, 0.25) is 0 Å². The Hall–Kier alpha value is -2.02. The summed E-state index contributed by atoms with van der Waals surface area (Å²) >= 11 is 0. The van der Waals surface area contributed by atoms with Crippen molar-refractivity contribution in [2.45, 2.75) is 26.3 Å². The van der Waals surface area contributed by atoms with Crippen LogP contribution >= 0.6 is 0 Å². The van der Waals surface area contributed by atoms with E-state index in [0.29, 0.717) is 31.9 Å². The molecule has 0 aromatic carbocycles. The van der Waals surface area contributed by atoms with E-state index in [0.717, 1.165) is 5.56 Å². The molecule has 0 radical (unpaired) electrons. The largest absolute Gasteiger partial charge is 0.459 e. The lowest BCUT2D eigenvalue weighted by atomic mass is 10.00. The highest BCUT2D eigenvalue weighted by Crippen LogP contribution is 2.19. The normalized spacial score (nSPS) is 18.0. The van der Waals surface area contributed by atoms with Gasteiger partial charge in [-0.1, -0.05) is 5.16 Å². The fourth-order valence-electron chi connectivity index (χ4n) is 2.49. The third kappa shape index (κ3) is 2.87. The number of nitrogens with zero attached hydrogens (tertiary/aromatic N) is 3. The minimum absolute atomic E-state index is 0.0845. The maximum atomic E-state index is 12.4. The predicted octanol–water partition coefficient (Wildman–Crippen LogP) is 0.871. The van der Waals surface area contributed by atoms with E-state index in [1.165, 1.54) is 6.26 Å². The summed E-state index contributed by atoms with van der Waals surface area (Å²) < 4.78 is 5.25. The van der Waals surface area contributed by atoms with Crippen LogP contribution in [0.5, 0.6) is 0 Å². The molecule has 116 valence electrons. The molecule has 0 saturated carbocycles. The second-order valence-corrected chi connectivity index (χ2v) is 5.76. The number of rotatable bonds is 3. The summed E-state index contributed by atoms with van der Waals surface area (Å²) in [4.78, 5) is 16.2. The SMILES string of the molecule is Cc1ccoc1C(=O)N1CCN(C(C)(C)C(N)=NO)CC1. The zero-order valence-corrected chi connectivity index (χ0v) is 12.7. The van der Waals surface area contributed by atoms with Gasteiger partial charge in [0.05, 0.1) is 11.8 Å². The molecule has 0 aliphatic carbocycles. The number of amidine groups is 1. The first-order chi connectivity index (χ1) is 9.87. The van der Waals surface area contributed by atoms with Crippen molar-refractivity contribution in [3.63, 3.8) is 0 Å². The molecule has 1 amide bonds. The molecule has 1 fully saturated rings. The molecule has 7 heteroatoms. The van der Waals surface area contributed by atoms with E-state index in [4.69, 9.17) is 15.4 Å². The molecule has 21 heavy (non-hydrogen) atoms. The van der Waals surface area contributed by atoms with Crippen LogP contribution < -0.4 is 5.73 Å². The van der Waals surface area contributed by atoms with Crippen molar-refractivity contribution >= 4 is 11.7 Å². The Bertz CT molecular complexity index is 542. The Morgan fingerprint density at radius 3 is 2.48 bits per heavy atom. The molecule has 0 bridgehead atoms. The van der Waals surface area contributed by atoms with Crippen LogP contribution in [0, 0.1) is 6.92 Å². The highest BCUT2D eigenvalue weighted by molar-refractivity contribution is 5.93. The summed E-state index contributed by atoms with van der Waals surface area (Å²) in [5.41, 5.74) is 6.05. The molecule has 0 unspecified atom stereocenters. The van der Waals surface area contributed by atoms with Gasteiger partial charge < -0.3 is 20.3 Å². The quantitative estimate of drug-likeness (QED) is 0.373. The zero-order chi connectivity index (χ0) is 15.6. The van der Waals surface area contributed by atoms with Crippen molar-refractivity contribution in [2.75, 3.05) is 26.2 Å². The smallest absolute Gasteiger partial charge is 0.289 e. The van der Waals surface area contributed by atoms with Crippen molar-refractivity contribution in [1.82, 2.24) is 9.80 Å². The molecule has 0 spiro atoms. The number of piperazine rings is 1. The molecular formula is C14H22N4O3. The van der Waals surface area contributed by atoms with Crippen molar-refractivity contribution in [3.8, 4) is 0 Å². The zero-order valence-electron chi connectivity index (χ0n) is 12.7. The van der Waals surface area contributed by atoms with Crippen LogP contribution in [0.15, 0.2) is 21.9 Å². The number of amides is 1. The minimum atomic E-state index is -0.537. The standard InChI is InChI=1S/C14H22N4O3/c1-10-4-9-21-11(10)12(19)17-5-7-18(8-6-17)14(2,3)13(15)16-20/h4,9,20H,5-8H2,1-3H3,(H2,15,16). The van der Waals surface area contributed by atoms with E-state index in [1.807, 2.05) is 20.8 Å². The van der Waals surface area contributed by atoms with Gasteiger partial charge in [0.2, 0.25) is 0 Å². The highest BCUT2D eigenvalue weighted by atomic mass is 16.4. The monoisotopic (exact) mass is 294 g/mol. The van der Waals surface area contributed by atoms with Gasteiger partial charge in [-0.05, 0) is 26.8 Å². The first-order valence-corrected chi connectivity index (χ1v) is 6.94. The number of oxime groups is 1. The Balaban J connectivity index is 2.01. The second kappa shape index (κ2) is 5.77. The molecule has 0 atom stereocenters. The van der Waals surface area contributed by atoms with Crippen molar-refractivity contribution in [3.05, 3.63) is 23.7 Å². The fraction of sp³-hybridized carbons (Fsp3) is 0.571. The van der Waals surface area contributed by atoms with E-state index in [-0.39, 0.29) is 11.7 Å². The maximum absolute atomic E-state index is 12.4. The molecular weight excluding hydrogens is 272 g/mol. The Kier molecular flexibility index (Phi) is 4.22. The minimum Gasteiger partial charge on any atom is -0.459 e. The van der Waals surface area contributed by atoms with Gasteiger partial charge in [0.15, 0.2) is 11.6 Å². The molecule has 2 rings (SSSR count). The van der Waals surface area contributed by atoms with Crippen LogP contribution in [-0.2, 0) is 0 Å². The van der Waals surface area contributed by atoms with Gasteiger partial charge in [-0.15, -0.1) is 0 Å². The van der Waals surface area contributed by atoms with Gasteiger partial charge in [0.25, 0.3) is 5.91 Å². The van der Waals surface area contributed by atoms with Crippen molar-refractivity contribution in [1.29, 1.82) is 0 Å². The number of carbonyl (C=O) groups excluding carboxylic acids is 1. The van der Waals surface area contributed by atoms with E-state index in [2.05, 4.69) is 10.1 Å². The average molecular weight is 294 g/mol. The third-order valence-corrected chi connectivity index (χ3v) is 4.15. The molecule has 1 aromatic heterocycles. The van der Waals surface area contributed by atoms with Gasteiger partial charge in [-0.3, -0.25) is 9.69 Å². The van der Waals surface area contributed by atoms with Gasteiger partial charge in [-0.2, -0.15) is 0 Å². The number of nitrogens with two attached hydrogens (primary N) is 1. The van der Waals surface area contributed by atoms with Crippen LogP contribution in [-0.4, -0.2) is 58.5 Å². The molecule has 2 heterocycles. The fourth-order valence-corrected chi connectivity index (χ4v) is 2.49. The van der Waals surface area contributed by atoms with E-state index in [9.17, 15) is 4.79 Å². The first-order valence-electron chi connectivity index (χ1n) is 6.94. The molecule has 1 saturated heterocycles. The molecule has 1 aromatic rings. The summed E-state index contributed by atoms with van der Waals surface area (Å²) in [5, 5.41) is 12.0. The van der Waals surface area contributed by atoms with E-state index < -0.39 is 5.54 Å². The summed E-state index contributed by atoms with van der Waals surface area (Å²) in [6.07, 6.45) is 1.53. The lowest BCUT2D eigenvalue weighted by Crippen LogP contribution is -2.60. The van der Waals surface area contributed by atoms with Gasteiger partial charge >= 0.3 is 0 Å². The highest BCUT2D eigenvalue weighted by Gasteiger charge is 2.35. The van der Waals surface area contributed by atoms with Gasteiger partial charge in [-0.25, -0.2) is 0 Å². The van der Waals surface area contributed by atoms with E-state index >= 15 is 0 Å².